The summed E-state index contributed by atoms with van der Waals surface area (Å²) in [6.45, 7) is 5.82. The maximum atomic E-state index is 6.15. The quantitative estimate of drug-likeness (QED) is 0.428. The molecule has 1 atom stereocenters. The van der Waals surface area contributed by atoms with Gasteiger partial charge < -0.3 is 18.7 Å². The highest BCUT2D eigenvalue weighted by atomic mass is 16.5. The molecule has 0 spiro atoms. The summed E-state index contributed by atoms with van der Waals surface area (Å²) in [4.78, 5) is 7.40. The molecule has 176 valence electrons. The number of pyridine rings is 2. The lowest BCUT2D eigenvalue weighted by atomic mass is 10.0. The third-order valence-corrected chi connectivity index (χ3v) is 6.48. The molecule has 0 aliphatic carbocycles. The average Bonchev–Trinajstić information content (AvgIpc) is 3.62. The van der Waals surface area contributed by atoms with E-state index < -0.39 is 0 Å². The molecule has 2 aliphatic rings. The first-order valence-electron chi connectivity index (χ1n) is 11.5. The molecule has 0 saturated carbocycles. The minimum atomic E-state index is 0.329. The molecule has 6 rings (SSSR count). The van der Waals surface area contributed by atoms with Gasteiger partial charge in [0, 0.05) is 50.0 Å². The van der Waals surface area contributed by atoms with Gasteiger partial charge in [-0.25, -0.2) is 0 Å². The van der Waals surface area contributed by atoms with Crippen LogP contribution < -0.4 is 9.47 Å². The van der Waals surface area contributed by atoms with Gasteiger partial charge in [0.1, 0.15) is 12.4 Å². The number of fused-ring (bicyclic) bond motifs is 2. The van der Waals surface area contributed by atoms with Gasteiger partial charge in [0.2, 0.25) is 0 Å². The van der Waals surface area contributed by atoms with Gasteiger partial charge in [-0.1, -0.05) is 11.2 Å². The van der Waals surface area contributed by atoms with E-state index in [0.717, 1.165) is 50.5 Å². The molecule has 0 amide bonds. The molecule has 0 N–H and O–H groups in total. The van der Waals surface area contributed by atoms with Crippen LogP contribution in [0.2, 0.25) is 0 Å². The van der Waals surface area contributed by atoms with Crippen molar-refractivity contribution >= 4 is 5.65 Å². The smallest absolute Gasteiger partial charge is 0.190 e. The number of aryl methyl sites for hydroxylation is 1. The fraction of sp³-hybridized carbons (Fsp3) is 0.417. The summed E-state index contributed by atoms with van der Waals surface area (Å²) in [7, 11) is 1.61. The van der Waals surface area contributed by atoms with Crippen LogP contribution in [0.4, 0.5) is 0 Å². The first-order valence-corrected chi connectivity index (χ1v) is 11.5. The summed E-state index contributed by atoms with van der Waals surface area (Å²) in [5.41, 5.74) is 4.56. The third kappa shape index (κ3) is 3.88. The Morgan fingerprint density at radius 2 is 2.12 bits per heavy atom. The molecular formula is C24H26N6O4. The van der Waals surface area contributed by atoms with Gasteiger partial charge in [0.15, 0.2) is 28.7 Å². The van der Waals surface area contributed by atoms with E-state index >= 15 is 0 Å². The zero-order valence-corrected chi connectivity index (χ0v) is 19.2. The standard InChI is InChI=1S/C24H26N6O4/c1-15-9-20(28-34-15)24-27-26-23-10-21(31-2)22(12-30(23)24)33-13-17-4-3-16-11-29(7-5-19(16)25-17)18-6-8-32-14-18/h3-4,9-10,12,18H,5-8,11,13-14H2,1-2H3. The van der Waals surface area contributed by atoms with Crippen LogP contribution in [0, 0.1) is 6.92 Å². The van der Waals surface area contributed by atoms with Crippen molar-refractivity contribution in [2.24, 2.45) is 0 Å². The first-order chi connectivity index (χ1) is 16.7. The van der Waals surface area contributed by atoms with Crippen molar-refractivity contribution in [2.45, 2.75) is 39.0 Å². The summed E-state index contributed by atoms with van der Waals surface area (Å²) >= 11 is 0. The van der Waals surface area contributed by atoms with E-state index in [9.17, 15) is 0 Å². The number of methoxy groups -OCH3 is 1. The predicted molar refractivity (Wildman–Crippen MR) is 122 cm³/mol. The van der Waals surface area contributed by atoms with Crippen LogP contribution in [0.25, 0.3) is 17.2 Å². The van der Waals surface area contributed by atoms with E-state index in [2.05, 4.69) is 26.3 Å². The summed E-state index contributed by atoms with van der Waals surface area (Å²) < 4.78 is 24.3. The Morgan fingerprint density at radius 1 is 1.18 bits per heavy atom. The normalized spacial score (nSPS) is 18.4. The number of nitrogens with zero attached hydrogens (tertiary/aromatic N) is 6. The SMILES string of the molecule is COc1cc2nnc(-c3cc(C)on3)n2cc1OCc1ccc2c(n1)CCN(C1CCOC1)C2. The minimum absolute atomic E-state index is 0.329. The number of rotatable bonds is 6. The highest BCUT2D eigenvalue weighted by Gasteiger charge is 2.27. The van der Waals surface area contributed by atoms with Crippen molar-refractivity contribution < 1.29 is 18.7 Å². The number of hydrogen-bond acceptors (Lipinski definition) is 9. The Hall–Kier alpha value is -3.50. The van der Waals surface area contributed by atoms with Gasteiger partial charge in [0.05, 0.1) is 25.6 Å². The third-order valence-electron chi connectivity index (χ3n) is 6.48. The predicted octanol–water partition coefficient (Wildman–Crippen LogP) is 2.82. The average molecular weight is 463 g/mol. The monoisotopic (exact) mass is 462 g/mol. The maximum absolute atomic E-state index is 6.15. The molecule has 4 aromatic rings. The highest BCUT2D eigenvalue weighted by molar-refractivity contribution is 5.59. The van der Waals surface area contributed by atoms with Crippen LogP contribution in [0.3, 0.4) is 0 Å². The number of hydrogen-bond donors (Lipinski definition) is 0. The first kappa shape index (κ1) is 21.1. The summed E-state index contributed by atoms with van der Waals surface area (Å²) in [5.74, 6) is 2.43. The molecule has 6 heterocycles. The van der Waals surface area contributed by atoms with Crippen LogP contribution >= 0.6 is 0 Å². The molecule has 4 aromatic heterocycles. The molecule has 10 nitrogen and oxygen atoms in total. The maximum Gasteiger partial charge on any atom is 0.190 e. The highest BCUT2D eigenvalue weighted by Crippen LogP contribution is 2.31. The van der Waals surface area contributed by atoms with Gasteiger partial charge in [-0.05, 0) is 25.0 Å². The van der Waals surface area contributed by atoms with Gasteiger partial charge in [-0.15, -0.1) is 10.2 Å². The van der Waals surface area contributed by atoms with Crippen molar-refractivity contribution in [3.05, 3.63) is 53.2 Å². The molecule has 1 fully saturated rings. The molecule has 0 aromatic carbocycles. The molecule has 10 heteroatoms. The van der Waals surface area contributed by atoms with E-state index in [4.69, 9.17) is 23.7 Å². The van der Waals surface area contributed by atoms with E-state index in [-0.39, 0.29) is 0 Å². The Balaban J connectivity index is 1.21. The van der Waals surface area contributed by atoms with Crippen LogP contribution in [0.5, 0.6) is 11.5 Å². The van der Waals surface area contributed by atoms with Gasteiger partial charge in [0.25, 0.3) is 0 Å². The van der Waals surface area contributed by atoms with E-state index in [1.54, 1.807) is 13.2 Å². The second-order valence-corrected chi connectivity index (χ2v) is 8.72. The van der Waals surface area contributed by atoms with Gasteiger partial charge in [-0.3, -0.25) is 14.3 Å². The van der Waals surface area contributed by atoms with Crippen LogP contribution in [-0.2, 0) is 24.3 Å². The zero-order chi connectivity index (χ0) is 23.1. The lowest BCUT2D eigenvalue weighted by Gasteiger charge is -2.32. The second-order valence-electron chi connectivity index (χ2n) is 8.72. The summed E-state index contributed by atoms with van der Waals surface area (Å²) in [6, 6.07) is 8.36. The summed E-state index contributed by atoms with van der Waals surface area (Å²) in [6.07, 6.45) is 3.87. The fourth-order valence-corrected chi connectivity index (χ4v) is 4.65. The Bertz CT molecular complexity index is 1330. The lowest BCUT2D eigenvalue weighted by Crippen LogP contribution is -2.39. The van der Waals surface area contributed by atoms with E-state index in [1.165, 1.54) is 5.56 Å². The van der Waals surface area contributed by atoms with Crippen LogP contribution in [0.1, 0.15) is 29.1 Å². The summed E-state index contributed by atoms with van der Waals surface area (Å²) in [5, 5.41) is 12.5. The van der Waals surface area contributed by atoms with Gasteiger partial charge >= 0.3 is 0 Å². The fourth-order valence-electron chi connectivity index (χ4n) is 4.65. The van der Waals surface area contributed by atoms with Crippen LogP contribution in [0.15, 0.2) is 35.0 Å². The molecule has 1 saturated heterocycles. The second kappa shape index (κ2) is 8.69. The Morgan fingerprint density at radius 3 is 2.91 bits per heavy atom. The lowest BCUT2D eigenvalue weighted by molar-refractivity contribution is 0.134. The molecule has 0 radical (unpaired) electrons. The van der Waals surface area contributed by atoms with E-state index in [1.807, 2.05) is 29.7 Å². The minimum Gasteiger partial charge on any atom is -0.493 e. The van der Waals surface area contributed by atoms with Crippen molar-refractivity contribution in [2.75, 3.05) is 26.9 Å². The Labute approximate surface area is 196 Å². The van der Waals surface area contributed by atoms with Gasteiger partial charge in [-0.2, -0.15) is 0 Å². The van der Waals surface area contributed by atoms with Crippen molar-refractivity contribution in [3.8, 4) is 23.0 Å². The molecule has 1 unspecified atom stereocenters. The van der Waals surface area contributed by atoms with E-state index in [0.29, 0.717) is 47.1 Å². The molecule has 34 heavy (non-hydrogen) atoms. The largest absolute Gasteiger partial charge is 0.493 e. The van der Waals surface area contributed by atoms with Crippen LogP contribution in [-0.4, -0.2) is 62.5 Å². The van der Waals surface area contributed by atoms with Crippen molar-refractivity contribution in [1.29, 1.82) is 0 Å². The van der Waals surface area contributed by atoms with Crippen molar-refractivity contribution in [3.63, 3.8) is 0 Å². The zero-order valence-electron chi connectivity index (χ0n) is 19.2. The number of ether oxygens (including phenoxy) is 3. The Kier molecular flexibility index (Phi) is 5.39. The molecular weight excluding hydrogens is 436 g/mol. The topological polar surface area (TPSA) is 100 Å². The molecule has 2 aliphatic heterocycles. The van der Waals surface area contributed by atoms with Crippen molar-refractivity contribution in [1.82, 2.24) is 29.6 Å². The molecule has 0 bridgehead atoms. The number of aromatic nitrogens is 5.